The maximum Gasteiger partial charge on any atom is 0.344 e. The van der Waals surface area contributed by atoms with E-state index in [1.54, 1.807) is 0 Å². The predicted molar refractivity (Wildman–Crippen MR) is 58.5 cm³/mol. The van der Waals surface area contributed by atoms with Gasteiger partial charge in [-0.1, -0.05) is 15.9 Å². The molecule has 0 aromatic rings. The van der Waals surface area contributed by atoms with Gasteiger partial charge in [-0.25, -0.2) is 4.79 Å². The summed E-state index contributed by atoms with van der Waals surface area (Å²) in [6.07, 6.45) is 2.21. The number of hydrogen-bond acceptors (Lipinski definition) is 5. The van der Waals surface area contributed by atoms with E-state index in [2.05, 4.69) is 25.7 Å². The summed E-state index contributed by atoms with van der Waals surface area (Å²) in [6, 6.07) is 0. The number of aliphatic imine (C=N–C) groups is 1. The van der Waals surface area contributed by atoms with Crippen molar-refractivity contribution in [3.05, 3.63) is 32.4 Å². The Hall–Kier alpha value is -1.50. The lowest BCUT2D eigenvalue weighted by molar-refractivity contribution is -0.415. The molecule has 0 amide bonds. The minimum atomic E-state index is -0.794. The van der Waals surface area contributed by atoms with Crippen molar-refractivity contribution in [1.29, 1.82) is 0 Å². The van der Waals surface area contributed by atoms with Crippen LogP contribution in [0.2, 0.25) is 0 Å². The summed E-state index contributed by atoms with van der Waals surface area (Å²) in [6.45, 7) is 0. The van der Waals surface area contributed by atoms with Crippen molar-refractivity contribution in [2.75, 3.05) is 14.2 Å². The van der Waals surface area contributed by atoms with Gasteiger partial charge < -0.3 is 4.74 Å². The molecule has 0 heterocycles. The van der Waals surface area contributed by atoms with Crippen LogP contribution in [0.15, 0.2) is 27.3 Å². The van der Waals surface area contributed by atoms with Gasteiger partial charge in [0, 0.05) is 7.05 Å². The van der Waals surface area contributed by atoms with E-state index in [0.717, 1.165) is 13.3 Å². The standard InChI is InChI=1S/C8H9BrN2O4/c1-10-5-7(11(13)14)6(3-4-9)8(12)15-2/h3-5H,1-2H3/b4-3+,7-6-,10-5-. The van der Waals surface area contributed by atoms with Gasteiger partial charge in [0.1, 0.15) is 5.57 Å². The SMILES string of the molecule is C\N=C/C(=C(\C=C\Br)C(=O)OC)[N+](=O)[O-]. The van der Waals surface area contributed by atoms with E-state index in [9.17, 15) is 14.9 Å². The molecular weight excluding hydrogens is 268 g/mol. The summed E-state index contributed by atoms with van der Waals surface area (Å²) in [4.78, 5) is 25.9. The number of carbonyl (C=O) groups is 1. The molecule has 7 heteroatoms. The smallest absolute Gasteiger partial charge is 0.344 e. The molecule has 0 radical (unpaired) electrons. The Morgan fingerprint density at radius 2 is 2.20 bits per heavy atom. The molecule has 0 aliphatic carbocycles. The van der Waals surface area contributed by atoms with E-state index in [1.165, 1.54) is 18.1 Å². The third-order valence-electron chi connectivity index (χ3n) is 1.36. The molecule has 6 nitrogen and oxygen atoms in total. The fourth-order valence-corrected chi connectivity index (χ4v) is 1.03. The highest BCUT2D eigenvalue weighted by molar-refractivity contribution is 9.11. The zero-order valence-corrected chi connectivity index (χ0v) is 9.72. The van der Waals surface area contributed by atoms with E-state index in [0.29, 0.717) is 0 Å². The maximum absolute atomic E-state index is 11.2. The van der Waals surface area contributed by atoms with Crippen LogP contribution in [0.4, 0.5) is 0 Å². The summed E-state index contributed by atoms with van der Waals surface area (Å²) < 4.78 is 4.41. The summed E-state index contributed by atoms with van der Waals surface area (Å²) in [5.41, 5.74) is -0.593. The minimum Gasteiger partial charge on any atom is -0.465 e. The first-order valence-corrected chi connectivity index (χ1v) is 4.66. The van der Waals surface area contributed by atoms with Gasteiger partial charge in [-0.2, -0.15) is 0 Å². The fraction of sp³-hybridized carbons (Fsp3) is 0.250. The molecule has 0 aromatic heterocycles. The molecule has 0 saturated heterocycles. The molecule has 0 atom stereocenters. The van der Waals surface area contributed by atoms with Crippen molar-refractivity contribution in [3.63, 3.8) is 0 Å². The van der Waals surface area contributed by atoms with Gasteiger partial charge in [-0.05, 0) is 11.1 Å². The second-order valence-electron chi connectivity index (χ2n) is 2.23. The van der Waals surface area contributed by atoms with Crippen molar-refractivity contribution in [2.24, 2.45) is 4.99 Å². The highest BCUT2D eigenvalue weighted by Gasteiger charge is 2.21. The number of rotatable bonds is 4. The third kappa shape index (κ3) is 4.03. The first kappa shape index (κ1) is 13.5. The number of esters is 1. The average Bonchev–Trinajstić information content (AvgIpc) is 2.21. The summed E-state index contributed by atoms with van der Waals surface area (Å²) >= 11 is 2.93. The molecule has 0 aliphatic heterocycles. The molecule has 0 fully saturated rings. The third-order valence-corrected chi connectivity index (χ3v) is 1.62. The highest BCUT2D eigenvalue weighted by atomic mass is 79.9. The number of ether oxygens (including phenoxy) is 1. The Kier molecular flexibility index (Phi) is 6.19. The van der Waals surface area contributed by atoms with Crippen molar-refractivity contribution < 1.29 is 14.5 Å². The number of nitrogens with zero attached hydrogens (tertiary/aromatic N) is 2. The molecule has 0 bridgehead atoms. The second kappa shape index (κ2) is 6.88. The van der Waals surface area contributed by atoms with Crippen LogP contribution >= 0.6 is 15.9 Å². The van der Waals surface area contributed by atoms with E-state index in [-0.39, 0.29) is 5.57 Å². The first-order chi connectivity index (χ1) is 7.08. The van der Waals surface area contributed by atoms with Gasteiger partial charge in [-0.15, -0.1) is 0 Å². The topological polar surface area (TPSA) is 81.8 Å². The predicted octanol–water partition coefficient (Wildman–Crippen LogP) is 1.30. The van der Waals surface area contributed by atoms with Crippen LogP contribution in [-0.2, 0) is 9.53 Å². The Balaban J connectivity index is 5.54. The van der Waals surface area contributed by atoms with Crippen LogP contribution in [0.5, 0.6) is 0 Å². The maximum atomic E-state index is 11.2. The zero-order valence-electron chi connectivity index (χ0n) is 8.14. The van der Waals surface area contributed by atoms with Crippen molar-refractivity contribution in [1.82, 2.24) is 0 Å². The zero-order chi connectivity index (χ0) is 11.8. The van der Waals surface area contributed by atoms with Crippen LogP contribution in [0.3, 0.4) is 0 Å². The van der Waals surface area contributed by atoms with Crippen molar-refractivity contribution in [2.45, 2.75) is 0 Å². The molecular formula is C8H9BrN2O4. The van der Waals surface area contributed by atoms with Gasteiger partial charge in [-0.3, -0.25) is 15.1 Å². The first-order valence-electron chi connectivity index (χ1n) is 3.74. The monoisotopic (exact) mass is 276 g/mol. The van der Waals surface area contributed by atoms with Gasteiger partial charge in [0.2, 0.25) is 0 Å². The largest absolute Gasteiger partial charge is 0.465 e. The van der Waals surface area contributed by atoms with Crippen LogP contribution in [0, 0.1) is 10.1 Å². The van der Waals surface area contributed by atoms with Crippen LogP contribution < -0.4 is 0 Å². The number of halogens is 1. The summed E-state index contributed by atoms with van der Waals surface area (Å²) in [5, 5.41) is 10.6. The van der Waals surface area contributed by atoms with Crippen molar-refractivity contribution in [3.8, 4) is 0 Å². The van der Waals surface area contributed by atoms with E-state index in [1.807, 2.05) is 0 Å². The average molecular weight is 277 g/mol. The molecule has 15 heavy (non-hydrogen) atoms. The minimum absolute atomic E-state index is 0.176. The Labute approximate surface area is 94.6 Å². The van der Waals surface area contributed by atoms with Gasteiger partial charge in [0.05, 0.1) is 18.2 Å². The number of allylic oxidation sites excluding steroid dienone is 1. The van der Waals surface area contributed by atoms with Gasteiger partial charge in [0.15, 0.2) is 0 Å². The van der Waals surface area contributed by atoms with Gasteiger partial charge >= 0.3 is 11.7 Å². The van der Waals surface area contributed by atoms with E-state index < -0.39 is 16.6 Å². The number of hydrogen-bond donors (Lipinski definition) is 0. The molecule has 0 aliphatic rings. The lowest BCUT2D eigenvalue weighted by Gasteiger charge is -1.99. The molecule has 0 saturated carbocycles. The van der Waals surface area contributed by atoms with Crippen LogP contribution in [0.25, 0.3) is 0 Å². The highest BCUT2D eigenvalue weighted by Crippen LogP contribution is 2.09. The van der Waals surface area contributed by atoms with Crippen molar-refractivity contribution >= 4 is 28.1 Å². The normalized spacial score (nSPS) is 13.0. The second-order valence-corrected chi connectivity index (χ2v) is 2.76. The van der Waals surface area contributed by atoms with E-state index in [4.69, 9.17) is 0 Å². The molecule has 82 valence electrons. The molecule has 0 rings (SSSR count). The van der Waals surface area contributed by atoms with Crippen LogP contribution in [0.1, 0.15) is 0 Å². The number of carbonyl (C=O) groups excluding carboxylic acids is 1. The fourth-order valence-electron chi connectivity index (χ4n) is 0.768. The quantitative estimate of drug-likeness (QED) is 0.194. The molecule has 0 N–H and O–H groups in total. The summed E-state index contributed by atoms with van der Waals surface area (Å²) in [7, 11) is 2.52. The lowest BCUT2D eigenvalue weighted by Crippen LogP contribution is -2.12. The van der Waals surface area contributed by atoms with E-state index >= 15 is 0 Å². The van der Waals surface area contributed by atoms with Gasteiger partial charge in [0.25, 0.3) is 0 Å². The van der Waals surface area contributed by atoms with Crippen LogP contribution in [-0.4, -0.2) is 31.3 Å². The number of methoxy groups -OCH3 is 1. The molecule has 0 unspecified atom stereocenters. The Morgan fingerprint density at radius 1 is 1.60 bits per heavy atom. The molecule has 0 aromatic carbocycles. The Bertz CT molecular complexity index is 347. The molecule has 0 spiro atoms. The number of nitro groups is 1. The lowest BCUT2D eigenvalue weighted by atomic mass is 10.2. The summed E-state index contributed by atoms with van der Waals surface area (Å²) in [5.74, 6) is -0.794. The Morgan fingerprint density at radius 3 is 2.53 bits per heavy atom.